The summed E-state index contributed by atoms with van der Waals surface area (Å²) in [5.74, 6) is 0.760. The number of halogens is 1. The highest BCUT2D eigenvalue weighted by atomic mass is 127. The fraction of sp³-hybridized carbons (Fsp3) is 0.286. The molecule has 0 saturated carbocycles. The summed E-state index contributed by atoms with van der Waals surface area (Å²) in [6.07, 6.45) is 0. The van der Waals surface area contributed by atoms with Gasteiger partial charge < -0.3 is 9.42 Å². The van der Waals surface area contributed by atoms with Crippen molar-refractivity contribution < 1.29 is 9.32 Å². The van der Waals surface area contributed by atoms with Gasteiger partial charge in [-0.1, -0.05) is 5.16 Å². The van der Waals surface area contributed by atoms with Gasteiger partial charge in [0.25, 0.3) is 5.91 Å². The minimum atomic E-state index is -0.00333. The normalized spacial score (nSPS) is 10.5. The fourth-order valence-electron chi connectivity index (χ4n) is 1.85. The summed E-state index contributed by atoms with van der Waals surface area (Å²) in [6, 6.07) is 7.54. The van der Waals surface area contributed by atoms with Crippen molar-refractivity contribution in [1.29, 1.82) is 0 Å². The lowest BCUT2D eigenvalue weighted by molar-refractivity contribution is 0.0784. The Kier molecular flexibility index (Phi) is 4.24. The first-order valence-corrected chi connectivity index (χ1v) is 6.99. The molecule has 100 valence electrons. The SMILES string of the molecule is Cc1noc(C)c1CN(C)C(=O)c1ccc(I)cc1. The number of benzene rings is 1. The number of hydrogen-bond acceptors (Lipinski definition) is 3. The van der Waals surface area contributed by atoms with Crippen LogP contribution in [-0.4, -0.2) is 23.0 Å². The van der Waals surface area contributed by atoms with Crippen LogP contribution in [0.15, 0.2) is 28.8 Å². The summed E-state index contributed by atoms with van der Waals surface area (Å²) in [5.41, 5.74) is 2.50. The van der Waals surface area contributed by atoms with Gasteiger partial charge in [0.15, 0.2) is 0 Å². The molecule has 0 atom stereocenters. The largest absolute Gasteiger partial charge is 0.361 e. The Balaban J connectivity index is 2.14. The molecular formula is C14H15IN2O2. The molecule has 19 heavy (non-hydrogen) atoms. The zero-order valence-corrected chi connectivity index (χ0v) is 13.3. The lowest BCUT2D eigenvalue weighted by atomic mass is 10.1. The molecule has 2 rings (SSSR count). The van der Waals surface area contributed by atoms with E-state index in [1.807, 2.05) is 38.1 Å². The van der Waals surface area contributed by atoms with Gasteiger partial charge in [-0.25, -0.2) is 0 Å². The average molecular weight is 370 g/mol. The van der Waals surface area contributed by atoms with Crippen LogP contribution in [0, 0.1) is 17.4 Å². The molecule has 0 N–H and O–H groups in total. The highest BCUT2D eigenvalue weighted by Crippen LogP contribution is 2.16. The van der Waals surface area contributed by atoms with E-state index < -0.39 is 0 Å². The van der Waals surface area contributed by atoms with E-state index in [-0.39, 0.29) is 5.91 Å². The van der Waals surface area contributed by atoms with Crippen molar-refractivity contribution in [2.45, 2.75) is 20.4 Å². The van der Waals surface area contributed by atoms with Gasteiger partial charge in [0.05, 0.1) is 12.2 Å². The number of aryl methyl sites for hydroxylation is 2. The number of rotatable bonds is 3. The summed E-state index contributed by atoms with van der Waals surface area (Å²) in [5, 5.41) is 3.90. The monoisotopic (exact) mass is 370 g/mol. The smallest absolute Gasteiger partial charge is 0.253 e. The molecule has 5 heteroatoms. The van der Waals surface area contributed by atoms with Crippen LogP contribution in [0.2, 0.25) is 0 Å². The number of nitrogens with zero attached hydrogens (tertiary/aromatic N) is 2. The Bertz CT molecular complexity index is 570. The van der Waals surface area contributed by atoms with E-state index in [0.717, 1.165) is 20.6 Å². The van der Waals surface area contributed by atoms with Gasteiger partial charge in [-0.15, -0.1) is 0 Å². The molecule has 0 aliphatic rings. The molecule has 1 aromatic heterocycles. The van der Waals surface area contributed by atoms with Crippen LogP contribution in [0.3, 0.4) is 0 Å². The number of carbonyl (C=O) groups excluding carboxylic acids is 1. The van der Waals surface area contributed by atoms with Gasteiger partial charge in [0, 0.05) is 21.7 Å². The summed E-state index contributed by atoms with van der Waals surface area (Å²) in [4.78, 5) is 14.0. The van der Waals surface area contributed by atoms with Crippen molar-refractivity contribution in [3.63, 3.8) is 0 Å². The minimum Gasteiger partial charge on any atom is -0.361 e. The van der Waals surface area contributed by atoms with Crippen molar-refractivity contribution in [3.8, 4) is 0 Å². The zero-order valence-electron chi connectivity index (χ0n) is 11.1. The van der Waals surface area contributed by atoms with Gasteiger partial charge in [-0.3, -0.25) is 4.79 Å². The molecular weight excluding hydrogens is 355 g/mol. The van der Waals surface area contributed by atoms with E-state index in [9.17, 15) is 4.79 Å². The van der Waals surface area contributed by atoms with Crippen LogP contribution in [0.25, 0.3) is 0 Å². The molecule has 0 bridgehead atoms. The minimum absolute atomic E-state index is 0.00333. The number of aromatic nitrogens is 1. The lowest BCUT2D eigenvalue weighted by Gasteiger charge is -2.17. The molecule has 0 saturated heterocycles. The molecule has 4 nitrogen and oxygen atoms in total. The van der Waals surface area contributed by atoms with E-state index in [4.69, 9.17) is 4.52 Å². The Hall–Kier alpha value is -1.37. The second kappa shape index (κ2) is 5.73. The molecule has 2 aromatic rings. The van der Waals surface area contributed by atoms with Crippen LogP contribution in [-0.2, 0) is 6.54 Å². The van der Waals surface area contributed by atoms with Crippen LogP contribution < -0.4 is 0 Å². The Morgan fingerprint density at radius 3 is 2.47 bits per heavy atom. The predicted molar refractivity (Wildman–Crippen MR) is 80.9 cm³/mol. The number of amides is 1. The van der Waals surface area contributed by atoms with Crippen LogP contribution in [0.1, 0.15) is 27.4 Å². The van der Waals surface area contributed by atoms with Gasteiger partial charge >= 0.3 is 0 Å². The van der Waals surface area contributed by atoms with Gasteiger partial charge in [-0.05, 0) is 60.7 Å². The molecule has 1 heterocycles. The van der Waals surface area contributed by atoms with Gasteiger partial charge in [0.2, 0.25) is 0 Å². The standard InChI is InChI=1S/C14H15IN2O2/c1-9-13(10(2)19-16-9)8-17(3)14(18)11-4-6-12(15)7-5-11/h4-7H,8H2,1-3H3. The molecule has 0 aliphatic heterocycles. The van der Waals surface area contributed by atoms with Gasteiger partial charge in [-0.2, -0.15) is 0 Å². The summed E-state index contributed by atoms with van der Waals surface area (Å²) in [7, 11) is 1.78. The number of hydrogen-bond donors (Lipinski definition) is 0. The maximum atomic E-state index is 12.3. The summed E-state index contributed by atoms with van der Waals surface area (Å²) >= 11 is 2.22. The number of carbonyl (C=O) groups is 1. The van der Waals surface area contributed by atoms with Crippen molar-refractivity contribution >= 4 is 28.5 Å². The molecule has 1 aromatic carbocycles. The fourth-order valence-corrected chi connectivity index (χ4v) is 2.21. The first-order chi connectivity index (χ1) is 8.99. The Labute approximate surface area is 125 Å². The lowest BCUT2D eigenvalue weighted by Crippen LogP contribution is -2.26. The first kappa shape index (κ1) is 14.0. The molecule has 0 radical (unpaired) electrons. The second-order valence-corrected chi connectivity index (χ2v) is 5.72. The summed E-state index contributed by atoms with van der Waals surface area (Å²) < 4.78 is 6.22. The summed E-state index contributed by atoms with van der Waals surface area (Å²) in [6.45, 7) is 4.25. The topological polar surface area (TPSA) is 46.3 Å². The third kappa shape index (κ3) is 3.15. The second-order valence-electron chi connectivity index (χ2n) is 4.47. The quantitative estimate of drug-likeness (QED) is 0.780. The Morgan fingerprint density at radius 1 is 1.32 bits per heavy atom. The predicted octanol–water partition coefficient (Wildman–Crippen LogP) is 3.17. The first-order valence-electron chi connectivity index (χ1n) is 5.92. The molecule has 0 spiro atoms. The zero-order chi connectivity index (χ0) is 14.0. The third-order valence-corrected chi connectivity index (χ3v) is 3.73. The van der Waals surface area contributed by atoms with E-state index in [2.05, 4.69) is 27.7 Å². The third-order valence-electron chi connectivity index (χ3n) is 3.01. The highest BCUT2D eigenvalue weighted by molar-refractivity contribution is 14.1. The van der Waals surface area contributed by atoms with E-state index >= 15 is 0 Å². The van der Waals surface area contributed by atoms with Crippen molar-refractivity contribution in [2.75, 3.05) is 7.05 Å². The van der Waals surface area contributed by atoms with Crippen molar-refractivity contribution in [3.05, 3.63) is 50.4 Å². The van der Waals surface area contributed by atoms with Crippen molar-refractivity contribution in [2.24, 2.45) is 0 Å². The average Bonchev–Trinajstić information content (AvgIpc) is 2.70. The van der Waals surface area contributed by atoms with E-state index in [1.54, 1.807) is 11.9 Å². The molecule has 0 aliphatic carbocycles. The molecule has 0 unspecified atom stereocenters. The van der Waals surface area contributed by atoms with Crippen LogP contribution in [0.5, 0.6) is 0 Å². The van der Waals surface area contributed by atoms with E-state index in [1.165, 1.54) is 0 Å². The maximum absolute atomic E-state index is 12.3. The van der Waals surface area contributed by atoms with Crippen molar-refractivity contribution in [1.82, 2.24) is 10.1 Å². The molecule has 0 fully saturated rings. The van der Waals surface area contributed by atoms with Gasteiger partial charge in [0.1, 0.15) is 5.76 Å². The van der Waals surface area contributed by atoms with Crippen LogP contribution >= 0.6 is 22.6 Å². The van der Waals surface area contributed by atoms with E-state index in [0.29, 0.717) is 12.1 Å². The highest BCUT2D eigenvalue weighted by Gasteiger charge is 2.16. The maximum Gasteiger partial charge on any atom is 0.253 e. The van der Waals surface area contributed by atoms with Crippen LogP contribution in [0.4, 0.5) is 0 Å². The Morgan fingerprint density at radius 2 is 1.95 bits per heavy atom. The molecule has 1 amide bonds.